The zero-order valence-corrected chi connectivity index (χ0v) is 24.7. The van der Waals surface area contributed by atoms with Gasteiger partial charge in [-0.15, -0.1) is 10.2 Å². The van der Waals surface area contributed by atoms with Crippen LogP contribution in [0.2, 0.25) is 0 Å². The van der Waals surface area contributed by atoms with Crippen molar-refractivity contribution in [3.8, 4) is 11.8 Å². The molecule has 0 spiro atoms. The minimum absolute atomic E-state index is 0.0630. The maximum atomic E-state index is 12.4. The lowest BCUT2D eigenvalue weighted by molar-refractivity contribution is 0.383. The number of hydrogen-bond acceptors (Lipinski definition) is 8. The quantitative estimate of drug-likeness (QED) is 0.300. The number of H-pyrrole nitrogens is 1. The molecule has 2 aromatic carbocycles. The lowest BCUT2D eigenvalue weighted by atomic mass is 9.99. The Kier molecular flexibility index (Phi) is 10.0. The van der Waals surface area contributed by atoms with E-state index in [2.05, 4.69) is 20.5 Å². The van der Waals surface area contributed by atoms with Crippen LogP contribution < -0.4 is 31.3 Å². The van der Waals surface area contributed by atoms with Gasteiger partial charge in [0.2, 0.25) is 5.43 Å². The van der Waals surface area contributed by atoms with Gasteiger partial charge in [0.25, 0.3) is 22.9 Å². The number of pyridine rings is 1. The largest absolute Gasteiger partial charge is 0.478 e. The van der Waals surface area contributed by atoms with Crippen LogP contribution in [-0.4, -0.2) is 38.8 Å². The first-order chi connectivity index (χ1) is 19.8. The van der Waals surface area contributed by atoms with Gasteiger partial charge in [-0.05, 0) is 23.8 Å². The summed E-state index contributed by atoms with van der Waals surface area (Å²) in [6.07, 6.45) is 0.601. The van der Waals surface area contributed by atoms with Gasteiger partial charge < -0.3 is 19.8 Å². The van der Waals surface area contributed by atoms with Crippen molar-refractivity contribution in [1.82, 2.24) is 24.5 Å². The fraction of sp³-hybridized carbons (Fsp3) is 0.300. The second-order valence-electron chi connectivity index (χ2n) is 8.44. The third-order valence-corrected chi connectivity index (χ3v) is 6.21. The van der Waals surface area contributed by atoms with E-state index in [4.69, 9.17) is 9.47 Å². The highest BCUT2D eigenvalue weighted by atomic mass is 16.5. The Bertz CT molecular complexity index is 1860. The number of ether oxygens (including phenoxy) is 2. The number of methoxy groups -OCH3 is 2. The molecule has 41 heavy (non-hydrogen) atoms. The lowest BCUT2D eigenvalue weighted by Gasteiger charge is -2.22. The van der Waals surface area contributed by atoms with Crippen molar-refractivity contribution in [2.24, 2.45) is 14.1 Å². The summed E-state index contributed by atoms with van der Waals surface area (Å²) in [5, 5.41) is 11.8. The van der Waals surface area contributed by atoms with Crippen LogP contribution in [0, 0.1) is 0 Å². The maximum absolute atomic E-state index is 12.4. The van der Waals surface area contributed by atoms with E-state index in [-0.39, 0.29) is 22.3 Å². The SMILES string of the molecule is CC.CC.COc1nn(C)c(=O)c2c(=O)c3ccccc3[nH]c12.COc1nn(C)c(=O)c2c1Nc1ccccc1C2. The number of rotatable bonds is 2. The highest BCUT2D eigenvalue weighted by Gasteiger charge is 2.23. The smallest absolute Gasteiger partial charge is 0.280 e. The highest BCUT2D eigenvalue weighted by molar-refractivity contribution is 5.93. The summed E-state index contributed by atoms with van der Waals surface area (Å²) >= 11 is 0. The van der Waals surface area contributed by atoms with E-state index in [1.54, 1.807) is 32.4 Å². The monoisotopic (exact) mass is 560 g/mol. The van der Waals surface area contributed by atoms with E-state index in [0.29, 0.717) is 40.0 Å². The van der Waals surface area contributed by atoms with Crippen LogP contribution in [0.3, 0.4) is 0 Å². The number of nitrogens with zero attached hydrogens (tertiary/aromatic N) is 4. The Morgan fingerprint density at radius 1 is 0.780 bits per heavy atom. The van der Waals surface area contributed by atoms with E-state index >= 15 is 0 Å². The number of benzene rings is 2. The van der Waals surface area contributed by atoms with Crippen molar-refractivity contribution < 1.29 is 9.47 Å². The normalized spacial score (nSPS) is 10.8. The van der Waals surface area contributed by atoms with Gasteiger partial charge in [0.1, 0.15) is 16.6 Å². The average molecular weight is 561 g/mol. The molecule has 0 radical (unpaired) electrons. The first-order valence-corrected chi connectivity index (χ1v) is 13.4. The number of hydrogen-bond donors (Lipinski definition) is 2. The number of para-hydroxylation sites is 2. The molecule has 0 fully saturated rings. The zero-order chi connectivity index (χ0) is 30.3. The Balaban J connectivity index is 0.000000202. The van der Waals surface area contributed by atoms with Gasteiger partial charge in [-0.1, -0.05) is 58.0 Å². The second-order valence-corrected chi connectivity index (χ2v) is 8.44. The number of aromatic nitrogens is 5. The number of aryl methyl sites for hydroxylation is 2. The van der Waals surface area contributed by atoms with Crippen LogP contribution in [0.4, 0.5) is 11.4 Å². The summed E-state index contributed by atoms with van der Waals surface area (Å²) in [7, 11) is 6.11. The summed E-state index contributed by atoms with van der Waals surface area (Å²) in [6, 6.07) is 14.9. The van der Waals surface area contributed by atoms with E-state index in [1.807, 2.05) is 58.0 Å². The van der Waals surface area contributed by atoms with Crippen molar-refractivity contribution in [3.63, 3.8) is 0 Å². The Hall–Kier alpha value is -4.93. The first-order valence-electron chi connectivity index (χ1n) is 13.4. The molecule has 11 heteroatoms. The van der Waals surface area contributed by atoms with Gasteiger partial charge in [-0.3, -0.25) is 14.4 Å². The molecule has 2 N–H and O–H groups in total. The fourth-order valence-corrected chi connectivity index (χ4v) is 4.36. The summed E-state index contributed by atoms with van der Waals surface area (Å²) in [4.78, 5) is 39.6. The Labute approximate surface area is 237 Å². The summed E-state index contributed by atoms with van der Waals surface area (Å²) in [6.45, 7) is 8.00. The van der Waals surface area contributed by atoms with E-state index in [0.717, 1.165) is 15.9 Å². The highest BCUT2D eigenvalue weighted by Crippen LogP contribution is 2.35. The van der Waals surface area contributed by atoms with Crippen molar-refractivity contribution in [2.45, 2.75) is 34.1 Å². The zero-order valence-electron chi connectivity index (χ0n) is 24.7. The fourth-order valence-electron chi connectivity index (χ4n) is 4.36. The topological polar surface area (TPSA) is 133 Å². The molecule has 0 amide bonds. The molecule has 0 saturated heterocycles. The Morgan fingerprint density at radius 2 is 1.37 bits per heavy atom. The third kappa shape index (κ3) is 5.84. The Morgan fingerprint density at radius 3 is 2.05 bits per heavy atom. The average Bonchev–Trinajstić information content (AvgIpc) is 3.02. The van der Waals surface area contributed by atoms with Crippen molar-refractivity contribution in [1.29, 1.82) is 0 Å². The molecule has 1 aliphatic rings. The molecule has 0 bridgehead atoms. The molecule has 4 heterocycles. The van der Waals surface area contributed by atoms with Crippen LogP contribution in [-0.2, 0) is 20.5 Å². The number of anilines is 2. The molecule has 0 saturated carbocycles. The molecule has 0 aliphatic carbocycles. The number of fused-ring (bicyclic) bond motifs is 4. The summed E-state index contributed by atoms with van der Waals surface area (Å²) < 4.78 is 12.8. The van der Waals surface area contributed by atoms with Crippen molar-refractivity contribution in [3.05, 3.63) is 90.6 Å². The molecule has 1 aliphatic heterocycles. The number of nitrogens with one attached hydrogen (secondary N) is 2. The molecule has 216 valence electrons. The van der Waals surface area contributed by atoms with Crippen molar-refractivity contribution >= 4 is 33.2 Å². The van der Waals surface area contributed by atoms with Gasteiger partial charge in [-0.25, -0.2) is 9.36 Å². The first kappa shape index (κ1) is 30.6. The molecule has 6 rings (SSSR count). The predicted molar refractivity (Wildman–Crippen MR) is 163 cm³/mol. The third-order valence-electron chi connectivity index (χ3n) is 6.21. The maximum Gasteiger partial charge on any atom is 0.280 e. The van der Waals surface area contributed by atoms with Crippen LogP contribution in [0.25, 0.3) is 21.8 Å². The minimum atomic E-state index is -0.442. The van der Waals surface area contributed by atoms with Crippen LogP contribution in [0.5, 0.6) is 11.8 Å². The van der Waals surface area contributed by atoms with Crippen LogP contribution in [0.15, 0.2) is 62.9 Å². The molecule has 0 unspecified atom stereocenters. The van der Waals surface area contributed by atoms with E-state index < -0.39 is 5.56 Å². The summed E-state index contributed by atoms with van der Waals surface area (Å²) in [5.74, 6) is 0.668. The van der Waals surface area contributed by atoms with Gasteiger partial charge in [-0.2, -0.15) is 0 Å². The van der Waals surface area contributed by atoms with E-state index in [1.165, 1.54) is 18.8 Å². The molecule has 5 aromatic rings. The minimum Gasteiger partial charge on any atom is -0.478 e. The lowest BCUT2D eigenvalue weighted by Crippen LogP contribution is -2.27. The van der Waals surface area contributed by atoms with Crippen molar-refractivity contribution in [2.75, 3.05) is 19.5 Å². The molecular formula is C30H36N6O5. The van der Waals surface area contributed by atoms with Gasteiger partial charge in [0, 0.05) is 37.1 Å². The van der Waals surface area contributed by atoms with Crippen LogP contribution >= 0.6 is 0 Å². The molecule has 0 atom stereocenters. The molecule has 3 aromatic heterocycles. The van der Waals surface area contributed by atoms with Gasteiger partial charge in [0.05, 0.1) is 19.8 Å². The second kappa shape index (κ2) is 13.4. The molecular weight excluding hydrogens is 524 g/mol. The predicted octanol–water partition coefficient (Wildman–Crippen LogP) is 4.27. The van der Waals surface area contributed by atoms with Gasteiger partial charge >= 0.3 is 0 Å². The standard InChI is InChI=1S/C13H11N3O3.C13H13N3O2.2C2H6/c1-16-13(18)9-10(12(15-16)19-2)14-8-6-4-3-5-7(8)11(9)17;1-16-13(17)9-7-8-5-3-4-6-10(8)14-11(9)12(15-16)18-2;2*1-2/h3-6H,1-2H3,(H,14,17);3-6,14H,7H2,1-2H3;2*1-2H3. The van der Waals surface area contributed by atoms with Gasteiger partial charge in [0.15, 0.2) is 0 Å². The summed E-state index contributed by atoms with van der Waals surface area (Å²) in [5.41, 5.74) is 3.61. The van der Waals surface area contributed by atoms with Crippen LogP contribution in [0.1, 0.15) is 38.8 Å². The molecule has 11 nitrogen and oxygen atoms in total. The van der Waals surface area contributed by atoms with E-state index in [9.17, 15) is 14.4 Å². The number of aromatic amines is 1.